The number of esters is 2. The fraction of sp³-hybridized carbons (Fsp3) is 0.820. The van der Waals surface area contributed by atoms with E-state index in [-0.39, 0.29) is 25.3 Å². The molecule has 0 spiro atoms. The van der Waals surface area contributed by atoms with Gasteiger partial charge in [0, 0.05) is 12.8 Å². The number of nitrogens with two attached hydrogens (primary N) is 1. The fourth-order valence-corrected chi connectivity index (χ4v) is 9.76. The summed E-state index contributed by atoms with van der Waals surface area (Å²) >= 11 is 0. The molecule has 0 aliphatic carbocycles. The molecule has 0 saturated carbocycles. The number of fused-ring (bicyclic) bond motifs is 2. The monoisotopic (exact) mass is 962 g/mol. The van der Waals surface area contributed by atoms with Gasteiger partial charge in [-0.2, -0.15) is 10.4 Å². The number of nitrogens with zero attached hydrogens (tertiary/aromatic N) is 4. The lowest BCUT2D eigenvalue weighted by Gasteiger charge is -2.29. The Morgan fingerprint density at radius 3 is 1.79 bits per heavy atom. The number of nitrogen functional groups attached to an aromatic ring is 1. The van der Waals surface area contributed by atoms with Gasteiger partial charge in [0.05, 0.1) is 12.3 Å². The average Bonchev–Trinajstić information content (AvgIpc) is 3.97. The van der Waals surface area contributed by atoms with Crippen molar-refractivity contribution in [2.45, 2.75) is 243 Å². The molecule has 2 saturated heterocycles. The summed E-state index contributed by atoms with van der Waals surface area (Å²) in [6, 6.07) is 5.53. The van der Waals surface area contributed by atoms with E-state index in [0.717, 1.165) is 38.5 Å². The SMILES string of the molecule is CCCCCCCCCCCCCCCC(=O)OCC(COP(=O)(O)OC[C@@]1(C#N)O[C@@H](c2ccc3c(N)ncnn23)[C@@H]2OC(C)(C)O[C@@H]21)OC(=O)CCCCCCCCCCCCCCC. The number of aromatic nitrogens is 3. The normalized spacial score (nSPS) is 21.2. The molecule has 2 unspecified atom stereocenters. The highest BCUT2D eigenvalue weighted by Crippen LogP contribution is 2.52. The molecule has 6 atom stereocenters. The molecular weight excluding hydrogens is 878 g/mol. The number of anilines is 1. The van der Waals surface area contributed by atoms with Crippen molar-refractivity contribution >= 4 is 31.1 Å². The van der Waals surface area contributed by atoms with Gasteiger partial charge in [-0.25, -0.2) is 14.1 Å². The number of rotatable bonds is 38. The summed E-state index contributed by atoms with van der Waals surface area (Å²) in [4.78, 5) is 40.8. The van der Waals surface area contributed by atoms with Crippen LogP contribution < -0.4 is 5.73 Å². The summed E-state index contributed by atoms with van der Waals surface area (Å²) in [6.45, 7) is 6.14. The van der Waals surface area contributed by atoms with Gasteiger partial charge in [0.2, 0.25) is 5.60 Å². The highest BCUT2D eigenvalue weighted by Gasteiger charge is 2.65. The molecule has 67 heavy (non-hydrogen) atoms. The van der Waals surface area contributed by atoms with Crippen LogP contribution in [-0.4, -0.2) is 81.0 Å². The first kappa shape index (κ1) is 56.4. The van der Waals surface area contributed by atoms with Crippen LogP contribution in [0.3, 0.4) is 0 Å². The maximum absolute atomic E-state index is 13.4. The van der Waals surface area contributed by atoms with Crippen molar-refractivity contribution < 1.29 is 51.8 Å². The predicted molar refractivity (Wildman–Crippen MR) is 257 cm³/mol. The molecule has 2 aliphatic rings. The quantitative estimate of drug-likeness (QED) is 0.0363. The summed E-state index contributed by atoms with van der Waals surface area (Å²) in [5.74, 6) is -1.87. The second kappa shape index (κ2) is 30.4. The third-order valence-electron chi connectivity index (χ3n) is 12.8. The van der Waals surface area contributed by atoms with Crippen molar-refractivity contribution in [3.8, 4) is 6.07 Å². The number of phosphoric ester groups is 1. The lowest BCUT2D eigenvalue weighted by atomic mass is 9.96. The van der Waals surface area contributed by atoms with Gasteiger partial charge in [0.15, 0.2) is 17.7 Å². The van der Waals surface area contributed by atoms with Crippen LogP contribution in [0.15, 0.2) is 18.5 Å². The zero-order chi connectivity index (χ0) is 48.4. The molecular formula is C50H84N5O11P. The Labute approximate surface area is 400 Å². The molecule has 2 fully saturated rings. The maximum atomic E-state index is 13.4. The van der Waals surface area contributed by atoms with Gasteiger partial charge >= 0.3 is 19.8 Å². The molecule has 2 aliphatic heterocycles. The lowest BCUT2D eigenvalue weighted by molar-refractivity contribution is -0.204. The van der Waals surface area contributed by atoms with Crippen LogP contribution in [0.4, 0.5) is 5.82 Å². The Morgan fingerprint density at radius 1 is 0.761 bits per heavy atom. The van der Waals surface area contributed by atoms with Gasteiger partial charge in [0.1, 0.15) is 49.4 Å². The molecule has 0 amide bonds. The number of unbranched alkanes of at least 4 members (excludes halogenated alkanes) is 24. The summed E-state index contributed by atoms with van der Waals surface area (Å²) in [5.41, 5.74) is 5.15. The molecule has 2 aromatic heterocycles. The molecule has 17 heteroatoms. The maximum Gasteiger partial charge on any atom is 0.472 e. The van der Waals surface area contributed by atoms with Crippen LogP contribution in [0.1, 0.15) is 219 Å². The highest BCUT2D eigenvalue weighted by molar-refractivity contribution is 7.47. The van der Waals surface area contributed by atoms with Crippen LogP contribution in [-0.2, 0) is 46.9 Å². The number of ether oxygens (including phenoxy) is 5. The van der Waals surface area contributed by atoms with E-state index in [9.17, 15) is 24.3 Å². The molecule has 16 nitrogen and oxygen atoms in total. The largest absolute Gasteiger partial charge is 0.472 e. The summed E-state index contributed by atoms with van der Waals surface area (Å²) in [7, 11) is -4.94. The number of hydrogen-bond donors (Lipinski definition) is 2. The zero-order valence-electron chi connectivity index (χ0n) is 41.3. The molecule has 0 radical (unpaired) electrons. The van der Waals surface area contributed by atoms with E-state index < -0.39 is 68.8 Å². The molecule has 4 rings (SSSR count). The van der Waals surface area contributed by atoms with E-state index in [1.54, 1.807) is 26.0 Å². The molecule has 3 N–H and O–H groups in total. The third kappa shape index (κ3) is 20.0. The Bertz CT molecular complexity index is 1820. The molecule has 0 bridgehead atoms. The van der Waals surface area contributed by atoms with Crippen molar-refractivity contribution in [3.63, 3.8) is 0 Å². The molecule has 380 valence electrons. The van der Waals surface area contributed by atoms with Crippen molar-refractivity contribution in [3.05, 3.63) is 24.2 Å². The fourth-order valence-electron chi connectivity index (χ4n) is 8.97. The Balaban J connectivity index is 1.25. The Hall–Kier alpha value is -3.16. The van der Waals surface area contributed by atoms with Crippen molar-refractivity contribution in [2.75, 3.05) is 25.6 Å². The van der Waals surface area contributed by atoms with Gasteiger partial charge in [0.25, 0.3) is 0 Å². The average molecular weight is 962 g/mol. The van der Waals surface area contributed by atoms with Crippen LogP contribution in [0.2, 0.25) is 0 Å². The highest BCUT2D eigenvalue weighted by atomic mass is 31.2. The predicted octanol–water partition coefficient (Wildman–Crippen LogP) is 11.7. The van der Waals surface area contributed by atoms with E-state index in [2.05, 4.69) is 30.0 Å². The van der Waals surface area contributed by atoms with Crippen LogP contribution in [0.25, 0.3) is 5.52 Å². The third-order valence-corrected chi connectivity index (χ3v) is 13.7. The van der Waals surface area contributed by atoms with Crippen molar-refractivity contribution in [2.24, 2.45) is 0 Å². The smallest absolute Gasteiger partial charge is 0.462 e. The second-order valence-corrected chi connectivity index (χ2v) is 20.5. The minimum Gasteiger partial charge on any atom is -0.462 e. The Kier molecular flexibility index (Phi) is 25.6. The number of carbonyl (C=O) groups excluding carboxylic acids is 2. The van der Waals surface area contributed by atoms with E-state index in [4.69, 9.17) is 38.5 Å². The van der Waals surface area contributed by atoms with Crippen LogP contribution in [0.5, 0.6) is 0 Å². The summed E-state index contributed by atoms with van der Waals surface area (Å²) in [6.07, 6.45) is 28.3. The lowest BCUT2D eigenvalue weighted by Crippen LogP contribution is -2.45. The Morgan fingerprint density at radius 2 is 1.27 bits per heavy atom. The minimum absolute atomic E-state index is 0.147. The molecule has 2 aromatic rings. The first-order valence-corrected chi connectivity index (χ1v) is 27.3. The number of nitriles is 1. The van der Waals surface area contributed by atoms with E-state index in [0.29, 0.717) is 24.1 Å². The van der Waals surface area contributed by atoms with Crippen molar-refractivity contribution in [1.82, 2.24) is 14.6 Å². The molecule has 4 heterocycles. The van der Waals surface area contributed by atoms with Gasteiger partial charge in [-0.05, 0) is 38.8 Å². The zero-order valence-corrected chi connectivity index (χ0v) is 42.2. The van der Waals surface area contributed by atoms with Gasteiger partial charge in [-0.3, -0.25) is 18.6 Å². The second-order valence-electron chi connectivity index (χ2n) is 19.1. The standard InChI is InChI=1S/C50H84N5O11P/c1-5-7-9-11-13-15-17-19-21-23-25-27-29-31-43(56)60-35-40(63-44(57)32-30-28-26-24-22-20-18-16-14-12-10-8-6-2)36-61-67(58,59)62-38-50(37-51)47-46(64-49(3,4)66-47)45(65-50)41-33-34-42-48(52)53-39-54-55(41)42/h33-34,39-40,45-47H,5-32,35-36,38H2,1-4H3,(H,58,59)(H2,52,53,54)/t40?,45-,46-,47-,50+/m0/s1. The summed E-state index contributed by atoms with van der Waals surface area (Å²) in [5, 5.41) is 14.8. The van der Waals surface area contributed by atoms with Crippen LogP contribution >= 0.6 is 7.82 Å². The number of hydrogen-bond acceptors (Lipinski definition) is 14. The van der Waals surface area contributed by atoms with Gasteiger partial charge < -0.3 is 34.3 Å². The first-order chi connectivity index (χ1) is 32.3. The number of carbonyl (C=O) groups is 2. The first-order valence-electron chi connectivity index (χ1n) is 25.8. The summed E-state index contributed by atoms with van der Waals surface area (Å²) < 4.78 is 55.5. The van der Waals surface area contributed by atoms with E-state index in [1.807, 2.05) is 0 Å². The van der Waals surface area contributed by atoms with E-state index in [1.165, 1.54) is 126 Å². The number of phosphoric acid groups is 1. The minimum atomic E-state index is -4.94. The topological polar surface area (TPSA) is 216 Å². The van der Waals surface area contributed by atoms with Crippen LogP contribution in [0, 0.1) is 11.3 Å². The van der Waals surface area contributed by atoms with Gasteiger partial charge in [-0.1, -0.05) is 168 Å². The van der Waals surface area contributed by atoms with Crippen molar-refractivity contribution in [1.29, 1.82) is 5.26 Å². The van der Waals surface area contributed by atoms with E-state index >= 15 is 0 Å². The molecule has 0 aromatic carbocycles. The van der Waals surface area contributed by atoms with Gasteiger partial charge in [-0.15, -0.1) is 0 Å².